The van der Waals surface area contributed by atoms with Gasteiger partial charge < -0.3 is 0 Å². The van der Waals surface area contributed by atoms with Gasteiger partial charge in [-0.05, 0) is 18.4 Å². The van der Waals surface area contributed by atoms with E-state index in [0.29, 0.717) is 0 Å². The van der Waals surface area contributed by atoms with Gasteiger partial charge in [-0.3, -0.25) is 4.90 Å². The predicted molar refractivity (Wildman–Crippen MR) is 60.5 cm³/mol. The molecule has 0 amide bonds. The molecule has 1 heterocycles. The first-order valence-corrected chi connectivity index (χ1v) is 5.47. The number of nitroso groups, excluding NO2 is 1. The molecule has 1 fully saturated rings. The molecule has 0 saturated carbocycles. The van der Waals surface area contributed by atoms with Crippen molar-refractivity contribution in [2.45, 2.75) is 25.4 Å². The van der Waals surface area contributed by atoms with E-state index in [9.17, 15) is 4.91 Å². The highest BCUT2D eigenvalue weighted by Crippen LogP contribution is 2.15. The lowest BCUT2D eigenvalue weighted by atomic mass is 10.1. The van der Waals surface area contributed by atoms with E-state index in [4.69, 9.17) is 0 Å². The number of benzene rings is 1. The second-order valence-electron chi connectivity index (χ2n) is 4.10. The Balaban J connectivity index is 1.85. The molecule has 0 bridgehead atoms. The lowest BCUT2D eigenvalue weighted by Crippen LogP contribution is -2.34. The first-order valence-electron chi connectivity index (χ1n) is 5.47. The van der Waals surface area contributed by atoms with Crippen molar-refractivity contribution in [1.82, 2.24) is 4.90 Å². The molecule has 80 valence electrons. The van der Waals surface area contributed by atoms with Gasteiger partial charge in [-0.15, -0.1) is 0 Å². The van der Waals surface area contributed by atoms with Gasteiger partial charge in [0.05, 0.1) is 6.04 Å². The summed E-state index contributed by atoms with van der Waals surface area (Å²) in [5, 5.41) is 3.11. The van der Waals surface area contributed by atoms with Crippen LogP contribution in [0.25, 0.3) is 0 Å². The summed E-state index contributed by atoms with van der Waals surface area (Å²) in [6.07, 6.45) is 1.83. The Morgan fingerprint density at radius 3 is 2.47 bits per heavy atom. The van der Waals surface area contributed by atoms with E-state index in [1.54, 1.807) is 0 Å². The molecule has 3 nitrogen and oxygen atoms in total. The Hall–Kier alpha value is -1.22. The molecular weight excluding hydrogens is 188 g/mol. The minimum absolute atomic E-state index is 0.0528. The van der Waals surface area contributed by atoms with Crippen molar-refractivity contribution in [2.24, 2.45) is 5.18 Å². The summed E-state index contributed by atoms with van der Waals surface area (Å²) in [7, 11) is 0. The van der Waals surface area contributed by atoms with Crippen LogP contribution in [-0.4, -0.2) is 24.0 Å². The monoisotopic (exact) mass is 204 g/mol. The maximum absolute atomic E-state index is 10.4. The number of nitrogens with zero attached hydrogens (tertiary/aromatic N) is 2. The summed E-state index contributed by atoms with van der Waals surface area (Å²) in [6, 6.07) is 10.5. The molecule has 2 rings (SSSR count). The van der Waals surface area contributed by atoms with Gasteiger partial charge in [0.2, 0.25) is 0 Å². The third kappa shape index (κ3) is 2.86. The van der Waals surface area contributed by atoms with Crippen molar-refractivity contribution in [3.63, 3.8) is 0 Å². The van der Waals surface area contributed by atoms with Crippen molar-refractivity contribution < 1.29 is 0 Å². The second-order valence-corrected chi connectivity index (χ2v) is 4.10. The van der Waals surface area contributed by atoms with Crippen LogP contribution in [0.2, 0.25) is 0 Å². The van der Waals surface area contributed by atoms with Crippen LogP contribution in [-0.2, 0) is 6.54 Å². The Bertz CT molecular complexity index is 305. The van der Waals surface area contributed by atoms with Crippen molar-refractivity contribution in [1.29, 1.82) is 0 Å². The van der Waals surface area contributed by atoms with E-state index in [0.717, 1.165) is 32.5 Å². The predicted octanol–water partition coefficient (Wildman–Crippen LogP) is 2.42. The molecule has 0 aromatic heterocycles. The smallest absolute Gasteiger partial charge is 0.0944 e. The quantitative estimate of drug-likeness (QED) is 0.708. The van der Waals surface area contributed by atoms with E-state index in [1.165, 1.54) is 5.56 Å². The number of likely N-dealkylation sites (tertiary alicyclic amines) is 1. The Labute approximate surface area is 90.1 Å². The normalized spacial score (nSPS) is 18.9. The average molecular weight is 204 g/mol. The van der Waals surface area contributed by atoms with Gasteiger partial charge in [-0.2, -0.15) is 4.91 Å². The Morgan fingerprint density at radius 2 is 1.87 bits per heavy atom. The summed E-state index contributed by atoms with van der Waals surface area (Å²) < 4.78 is 0. The zero-order valence-corrected chi connectivity index (χ0v) is 8.80. The molecule has 0 N–H and O–H groups in total. The molecule has 0 radical (unpaired) electrons. The van der Waals surface area contributed by atoms with Crippen LogP contribution in [0.3, 0.4) is 0 Å². The SMILES string of the molecule is O=NC1CCN(Cc2ccccc2)CC1. The summed E-state index contributed by atoms with van der Waals surface area (Å²) in [6.45, 7) is 2.98. The molecule has 3 heteroatoms. The topological polar surface area (TPSA) is 32.7 Å². The van der Waals surface area contributed by atoms with Crippen molar-refractivity contribution in [3.05, 3.63) is 40.8 Å². The molecule has 15 heavy (non-hydrogen) atoms. The zero-order valence-electron chi connectivity index (χ0n) is 8.80. The summed E-state index contributed by atoms with van der Waals surface area (Å²) in [5.74, 6) is 0. The molecule has 1 aromatic carbocycles. The van der Waals surface area contributed by atoms with E-state index < -0.39 is 0 Å². The standard InChI is InChI=1S/C12H16N2O/c15-13-12-6-8-14(9-7-12)10-11-4-2-1-3-5-11/h1-5,12H,6-10H2. The zero-order chi connectivity index (χ0) is 10.5. The summed E-state index contributed by atoms with van der Waals surface area (Å²) in [4.78, 5) is 12.7. The minimum atomic E-state index is 0.0528. The second kappa shape index (κ2) is 5.03. The molecule has 0 atom stereocenters. The highest BCUT2D eigenvalue weighted by atomic mass is 16.3. The number of piperidine rings is 1. The van der Waals surface area contributed by atoms with Crippen molar-refractivity contribution in [2.75, 3.05) is 13.1 Å². The molecular formula is C12H16N2O. The third-order valence-electron chi connectivity index (χ3n) is 2.96. The first-order chi connectivity index (χ1) is 7.38. The summed E-state index contributed by atoms with van der Waals surface area (Å²) in [5.41, 5.74) is 1.34. The number of rotatable bonds is 3. The number of hydrogen-bond donors (Lipinski definition) is 0. The minimum Gasteiger partial charge on any atom is -0.299 e. The molecule has 1 aromatic rings. The van der Waals surface area contributed by atoms with Gasteiger partial charge in [0.15, 0.2) is 0 Å². The van der Waals surface area contributed by atoms with Gasteiger partial charge in [0, 0.05) is 19.6 Å². The van der Waals surface area contributed by atoms with E-state index in [1.807, 2.05) is 6.07 Å². The fourth-order valence-corrected chi connectivity index (χ4v) is 2.02. The lowest BCUT2D eigenvalue weighted by molar-refractivity contribution is 0.206. The van der Waals surface area contributed by atoms with E-state index in [-0.39, 0.29) is 6.04 Å². The van der Waals surface area contributed by atoms with Crippen molar-refractivity contribution >= 4 is 0 Å². The maximum atomic E-state index is 10.4. The highest BCUT2D eigenvalue weighted by Gasteiger charge is 2.19. The van der Waals surface area contributed by atoms with Crippen LogP contribution < -0.4 is 0 Å². The molecule has 0 unspecified atom stereocenters. The average Bonchev–Trinajstić information content (AvgIpc) is 2.31. The maximum Gasteiger partial charge on any atom is 0.0944 e. The van der Waals surface area contributed by atoms with Crippen LogP contribution in [0.4, 0.5) is 0 Å². The Morgan fingerprint density at radius 1 is 1.20 bits per heavy atom. The first kappa shape index (κ1) is 10.3. The van der Waals surface area contributed by atoms with Gasteiger partial charge in [-0.1, -0.05) is 35.5 Å². The van der Waals surface area contributed by atoms with Gasteiger partial charge >= 0.3 is 0 Å². The summed E-state index contributed by atoms with van der Waals surface area (Å²) >= 11 is 0. The van der Waals surface area contributed by atoms with Crippen LogP contribution in [0.15, 0.2) is 35.5 Å². The van der Waals surface area contributed by atoms with Crippen molar-refractivity contribution in [3.8, 4) is 0 Å². The Kier molecular flexibility index (Phi) is 3.45. The van der Waals surface area contributed by atoms with E-state index in [2.05, 4.69) is 34.3 Å². The largest absolute Gasteiger partial charge is 0.299 e. The molecule has 1 aliphatic rings. The molecule has 1 aliphatic heterocycles. The van der Waals surface area contributed by atoms with Crippen LogP contribution in [0.5, 0.6) is 0 Å². The molecule has 0 spiro atoms. The van der Waals surface area contributed by atoms with Gasteiger partial charge in [0.25, 0.3) is 0 Å². The highest BCUT2D eigenvalue weighted by molar-refractivity contribution is 5.14. The van der Waals surface area contributed by atoms with Crippen LogP contribution >= 0.6 is 0 Å². The van der Waals surface area contributed by atoms with Crippen LogP contribution in [0.1, 0.15) is 18.4 Å². The van der Waals surface area contributed by atoms with Gasteiger partial charge in [-0.25, -0.2) is 0 Å². The third-order valence-corrected chi connectivity index (χ3v) is 2.96. The van der Waals surface area contributed by atoms with E-state index >= 15 is 0 Å². The van der Waals surface area contributed by atoms with Crippen LogP contribution in [0, 0.1) is 4.91 Å². The molecule has 1 saturated heterocycles. The molecule has 0 aliphatic carbocycles. The van der Waals surface area contributed by atoms with Gasteiger partial charge in [0.1, 0.15) is 0 Å². The fraction of sp³-hybridized carbons (Fsp3) is 0.500. The fourth-order valence-electron chi connectivity index (χ4n) is 2.02. The number of hydrogen-bond acceptors (Lipinski definition) is 3. The lowest BCUT2D eigenvalue weighted by Gasteiger charge is -2.28.